The summed E-state index contributed by atoms with van der Waals surface area (Å²) in [5.74, 6) is 0. The normalized spacial score (nSPS) is 16.3. The second kappa shape index (κ2) is 9.08. The molecule has 0 aromatic rings. The van der Waals surface area contributed by atoms with Gasteiger partial charge in [0.25, 0.3) is 10.2 Å². The maximum Gasteiger partial charge on any atom is 0.281 e. The smallest absolute Gasteiger partial charge is 0.281 e. The van der Waals surface area contributed by atoms with Crippen molar-refractivity contribution in [3.63, 3.8) is 0 Å². The minimum Gasteiger partial charge on any atom is -0.314 e. The Balaban J connectivity index is 2.43. The number of hydrogen-bond donors (Lipinski definition) is 1. The zero-order valence-corrected chi connectivity index (χ0v) is 15.0. The minimum absolute atomic E-state index is 0.0129. The summed E-state index contributed by atoms with van der Waals surface area (Å²) in [6.07, 6.45) is 6.53. The largest absolute Gasteiger partial charge is 0.314 e. The highest BCUT2D eigenvalue weighted by molar-refractivity contribution is 7.86. The van der Waals surface area contributed by atoms with E-state index in [0.717, 1.165) is 32.2 Å². The van der Waals surface area contributed by atoms with E-state index in [1.165, 1.54) is 17.1 Å². The van der Waals surface area contributed by atoms with Crippen LogP contribution in [0.1, 0.15) is 59.3 Å². The molecule has 0 spiro atoms. The van der Waals surface area contributed by atoms with Gasteiger partial charge < -0.3 is 5.32 Å². The number of hydrogen-bond acceptors (Lipinski definition) is 3. The topological polar surface area (TPSA) is 52.7 Å². The van der Waals surface area contributed by atoms with Crippen LogP contribution in [-0.4, -0.2) is 55.8 Å². The van der Waals surface area contributed by atoms with Crippen LogP contribution in [0.3, 0.4) is 0 Å². The molecule has 5 nitrogen and oxygen atoms in total. The van der Waals surface area contributed by atoms with Crippen molar-refractivity contribution < 1.29 is 8.42 Å². The SMILES string of the molecule is CCCCCN(C(C)C)S(=O)(=O)N(C)CCCNC1CC1. The molecule has 6 heteroatoms. The lowest BCUT2D eigenvalue weighted by Crippen LogP contribution is -2.46. The monoisotopic (exact) mass is 319 g/mol. The zero-order valence-electron chi connectivity index (χ0n) is 14.1. The maximum absolute atomic E-state index is 12.6. The van der Waals surface area contributed by atoms with Crippen molar-refractivity contribution in [2.75, 3.05) is 26.7 Å². The van der Waals surface area contributed by atoms with E-state index in [9.17, 15) is 8.42 Å². The number of nitrogens with one attached hydrogen (secondary N) is 1. The summed E-state index contributed by atoms with van der Waals surface area (Å²) in [5, 5.41) is 3.42. The molecule has 1 aliphatic carbocycles. The van der Waals surface area contributed by atoms with Gasteiger partial charge >= 0.3 is 0 Å². The summed E-state index contributed by atoms with van der Waals surface area (Å²) in [6, 6.07) is 0.701. The lowest BCUT2D eigenvalue weighted by atomic mass is 10.2. The predicted octanol–water partition coefficient (Wildman–Crippen LogP) is 2.21. The van der Waals surface area contributed by atoms with Crippen LogP contribution in [0.4, 0.5) is 0 Å². The molecule has 0 bridgehead atoms. The summed E-state index contributed by atoms with van der Waals surface area (Å²) in [5.41, 5.74) is 0. The lowest BCUT2D eigenvalue weighted by Gasteiger charge is -2.30. The van der Waals surface area contributed by atoms with E-state index in [1.807, 2.05) is 13.8 Å². The molecule has 0 aromatic heterocycles. The fourth-order valence-corrected chi connectivity index (χ4v) is 3.96. The van der Waals surface area contributed by atoms with E-state index in [4.69, 9.17) is 0 Å². The molecule has 0 unspecified atom stereocenters. The first kappa shape index (κ1) is 18.9. The molecule has 1 aliphatic rings. The summed E-state index contributed by atoms with van der Waals surface area (Å²) in [7, 11) is -1.63. The van der Waals surface area contributed by atoms with Gasteiger partial charge in [0.1, 0.15) is 0 Å². The molecular weight excluding hydrogens is 286 g/mol. The summed E-state index contributed by atoms with van der Waals surface area (Å²) < 4.78 is 28.4. The Hall–Kier alpha value is -0.170. The molecule has 1 fully saturated rings. The first-order chi connectivity index (χ1) is 9.89. The number of rotatable bonds is 12. The van der Waals surface area contributed by atoms with Crippen molar-refractivity contribution in [1.29, 1.82) is 0 Å². The van der Waals surface area contributed by atoms with Crippen LogP contribution in [0.15, 0.2) is 0 Å². The fraction of sp³-hybridized carbons (Fsp3) is 1.00. The van der Waals surface area contributed by atoms with Gasteiger partial charge in [-0.3, -0.25) is 0 Å². The molecule has 21 heavy (non-hydrogen) atoms. The van der Waals surface area contributed by atoms with Gasteiger partial charge in [-0.05, 0) is 46.1 Å². The third-order valence-electron chi connectivity index (χ3n) is 3.91. The maximum atomic E-state index is 12.6. The highest BCUT2D eigenvalue weighted by Crippen LogP contribution is 2.18. The molecule has 0 atom stereocenters. The van der Waals surface area contributed by atoms with Gasteiger partial charge in [0, 0.05) is 32.2 Å². The van der Waals surface area contributed by atoms with Gasteiger partial charge in [0.15, 0.2) is 0 Å². The van der Waals surface area contributed by atoms with Gasteiger partial charge in [-0.1, -0.05) is 19.8 Å². The lowest BCUT2D eigenvalue weighted by molar-refractivity contribution is 0.310. The van der Waals surface area contributed by atoms with Crippen LogP contribution in [0.25, 0.3) is 0 Å². The molecule has 0 saturated heterocycles. The highest BCUT2D eigenvalue weighted by atomic mass is 32.2. The Kier molecular flexibility index (Phi) is 8.16. The molecule has 0 aromatic carbocycles. The Morgan fingerprint density at radius 1 is 1.14 bits per heavy atom. The van der Waals surface area contributed by atoms with Gasteiger partial charge in [-0.15, -0.1) is 0 Å². The van der Waals surface area contributed by atoms with Crippen molar-refractivity contribution in [2.24, 2.45) is 0 Å². The Morgan fingerprint density at radius 3 is 2.33 bits per heavy atom. The molecule has 1 N–H and O–H groups in total. The van der Waals surface area contributed by atoms with Crippen molar-refractivity contribution >= 4 is 10.2 Å². The third-order valence-corrected chi connectivity index (χ3v) is 6.08. The van der Waals surface area contributed by atoms with Gasteiger partial charge in [0.2, 0.25) is 0 Å². The molecule has 0 radical (unpaired) electrons. The van der Waals surface area contributed by atoms with Gasteiger partial charge in [-0.2, -0.15) is 17.0 Å². The number of unbranched alkanes of at least 4 members (excludes halogenated alkanes) is 2. The van der Waals surface area contributed by atoms with Crippen LogP contribution >= 0.6 is 0 Å². The summed E-state index contributed by atoms with van der Waals surface area (Å²) >= 11 is 0. The molecular formula is C15H33N3O2S. The van der Waals surface area contributed by atoms with Crippen LogP contribution in [0.5, 0.6) is 0 Å². The van der Waals surface area contributed by atoms with Crippen LogP contribution < -0.4 is 5.32 Å². The molecule has 1 rings (SSSR count). The molecule has 126 valence electrons. The highest BCUT2D eigenvalue weighted by Gasteiger charge is 2.28. The Labute approximate surface area is 131 Å². The Morgan fingerprint density at radius 2 is 1.81 bits per heavy atom. The molecule has 1 saturated carbocycles. The first-order valence-electron chi connectivity index (χ1n) is 8.36. The second-order valence-electron chi connectivity index (χ2n) is 6.32. The molecule has 0 aliphatic heterocycles. The third kappa shape index (κ3) is 6.63. The average molecular weight is 320 g/mol. The van der Waals surface area contributed by atoms with E-state index in [-0.39, 0.29) is 6.04 Å². The van der Waals surface area contributed by atoms with E-state index in [1.54, 1.807) is 11.4 Å². The quantitative estimate of drug-likeness (QED) is 0.561. The molecule has 0 heterocycles. The fourth-order valence-electron chi connectivity index (χ4n) is 2.35. The van der Waals surface area contributed by atoms with E-state index in [2.05, 4.69) is 12.2 Å². The minimum atomic E-state index is -3.33. The van der Waals surface area contributed by atoms with Gasteiger partial charge in [0.05, 0.1) is 0 Å². The zero-order chi connectivity index (χ0) is 15.9. The first-order valence-corrected chi connectivity index (χ1v) is 9.75. The Bertz CT molecular complexity index is 380. The summed E-state index contributed by atoms with van der Waals surface area (Å²) in [4.78, 5) is 0. The van der Waals surface area contributed by atoms with Gasteiger partial charge in [-0.25, -0.2) is 0 Å². The van der Waals surface area contributed by atoms with Crippen molar-refractivity contribution in [3.05, 3.63) is 0 Å². The van der Waals surface area contributed by atoms with E-state index in [0.29, 0.717) is 19.1 Å². The average Bonchev–Trinajstić information content (AvgIpc) is 3.22. The van der Waals surface area contributed by atoms with E-state index >= 15 is 0 Å². The van der Waals surface area contributed by atoms with Crippen molar-refractivity contribution in [3.8, 4) is 0 Å². The summed E-state index contributed by atoms with van der Waals surface area (Å²) in [6.45, 7) is 8.14. The predicted molar refractivity (Wildman–Crippen MR) is 88.6 cm³/mol. The number of nitrogens with zero attached hydrogens (tertiary/aromatic N) is 2. The molecule has 0 amide bonds. The van der Waals surface area contributed by atoms with Crippen molar-refractivity contribution in [2.45, 2.75) is 71.4 Å². The van der Waals surface area contributed by atoms with Crippen LogP contribution in [0, 0.1) is 0 Å². The van der Waals surface area contributed by atoms with Crippen LogP contribution in [0.2, 0.25) is 0 Å². The second-order valence-corrected chi connectivity index (χ2v) is 8.31. The standard InChI is InChI=1S/C15H33N3O2S/c1-5-6-7-13-18(14(2)3)21(19,20)17(4)12-8-11-16-15-9-10-15/h14-16H,5-13H2,1-4H3. The van der Waals surface area contributed by atoms with Crippen molar-refractivity contribution in [1.82, 2.24) is 13.9 Å². The van der Waals surface area contributed by atoms with Crippen LogP contribution in [-0.2, 0) is 10.2 Å². The van der Waals surface area contributed by atoms with E-state index < -0.39 is 10.2 Å².